The molecule has 1 rings (SSSR count). The Morgan fingerprint density at radius 2 is 2.08 bits per heavy atom. The van der Waals surface area contributed by atoms with Gasteiger partial charge in [-0.15, -0.1) is 0 Å². The Kier molecular flexibility index (Phi) is 4.46. The van der Waals surface area contributed by atoms with E-state index in [2.05, 4.69) is 13.8 Å². The summed E-state index contributed by atoms with van der Waals surface area (Å²) in [7, 11) is 0. The predicted molar refractivity (Wildman–Crippen MR) is 58.0 cm³/mol. The average Bonchev–Trinajstić information content (AvgIpc) is 2.66. The fourth-order valence-electron chi connectivity index (χ4n) is 1.54. The molecule has 1 nitrogen and oxygen atoms in total. The first kappa shape index (κ1) is 10.7. The van der Waals surface area contributed by atoms with Gasteiger partial charge in [-0.1, -0.05) is 26.7 Å². The zero-order chi connectivity index (χ0) is 9.68. The van der Waals surface area contributed by atoms with Gasteiger partial charge in [-0.3, -0.25) is 0 Å². The summed E-state index contributed by atoms with van der Waals surface area (Å²) in [5, 5.41) is 13.9. The summed E-state index contributed by atoms with van der Waals surface area (Å²) in [6, 6.07) is 2.01. The zero-order valence-electron chi connectivity index (χ0n) is 8.36. The summed E-state index contributed by atoms with van der Waals surface area (Å²) in [6.07, 6.45) is 2.98. The second-order valence-electron chi connectivity index (χ2n) is 3.49. The van der Waals surface area contributed by atoms with Crippen LogP contribution in [-0.4, -0.2) is 5.11 Å². The van der Waals surface area contributed by atoms with Crippen molar-refractivity contribution in [2.75, 3.05) is 0 Å². The molecular weight excluding hydrogens is 180 g/mol. The fraction of sp³-hybridized carbons (Fsp3) is 0.636. The molecule has 0 aliphatic carbocycles. The third kappa shape index (κ3) is 3.12. The van der Waals surface area contributed by atoms with E-state index < -0.39 is 0 Å². The van der Waals surface area contributed by atoms with Gasteiger partial charge in [0, 0.05) is 0 Å². The molecule has 0 radical (unpaired) electrons. The van der Waals surface area contributed by atoms with Crippen LogP contribution in [0, 0.1) is 5.92 Å². The van der Waals surface area contributed by atoms with Crippen molar-refractivity contribution in [2.45, 2.75) is 39.2 Å². The van der Waals surface area contributed by atoms with E-state index in [1.165, 1.54) is 0 Å². The van der Waals surface area contributed by atoms with Gasteiger partial charge in [-0.2, -0.15) is 11.3 Å². The van der Waals surface area contributed by atoms with E-state index in [1.54, 1.807) is 11.3 Å². The molecule has 1 aromatic rings. The van der Waals surface area contributed by atoms with Crippen LogP contribution in [0.5, 0.6) is 0 Å². The van der Waals surface area contributed by atoms with Crippen LogP contribution in [-0.2, 0) is 0 Å². The Morgan fingerprint density at radius 1 is 1.38 bits per heavy atom. The standard InChI is InChI=1S/C11H18OS/c1-3-9(4-2)7-11(12)10-5-6-13-8-10/h5-6,8-9,11-12H,3-4,7H2,1-2H3. The second kappa shape index (κ2) is 5.40. The maximum atomic E-state index is 9.85. The number of hydrogen-bond donors (Lipinski definition) is 1. The first-order chi connectivity index (χ1) is 6.27. The molecule has 74 valence electrons. The van der Waals surface area contributed by atoms with Gasteiger partial charge >= 0.3 is 0 Å². The van der Waals surface area contributed by atoms with Crippen LogP contribution >= 0.6 is 11.3 Å². The first-order valence-corrected chi connectivity index (χ1v) is 5.92. The average molecular weight is 198 g/mol. The molecule has 0 bridgehead atoms. The Bertz CT molecular complexity index is 214. The topological polar surface area (TPSA) is 20.2 Å². The van der Waals surface area contributed by atoms with E-state index in [0.717, 1.165) is 24.8 Å². The monoisotopic (exact) mass is 198 g/mol. The summed E-state index contributed by atoms with van der Waals surface area (Å²) in [5.41, 5.74) is 1.08. The van der Waals surface area contributed by atoms with E-state index >= 15 is 0 Å². The number of hydrogen-bond acceptors (Lipinski definition) is 2. The molecule has 1 heterocycles. The van der Waals surface area contributed by atoms with Gasteiger partial charge in [0.1, 0.15) is 0 Å². The lowest BCUT2D eigenvalue weighted by molar-refractivity contribution is 0.141. The molecule has 0 spiro atoms. The minimum absolute atomic E-state index is 0.254. The molecule has 1 N–H and O–H groups in total. The summed E-state index contributed by atoms with van der Waals surface area (Å²) in [5.74, 6) is 0.662. The summed E-state index contributed by atoms with van der Waals surface area (Å²) >= 11 is 1.65. The van der Waals surface area contributed by atoms with Crippen LogP contribution in [0.2, 0.25) is 0 Å². The van der Waals surface area contributed by atoms with Crippen molar-refractivity contribution >= 4 is 11.3 Å². The van der Waals surface area contributed by atoms with E-state index in [-0.39, 0.29) is 6.10 Å². The summed E-state index contributed by atoms with van der Waals surface area (Å²) < 4.78 is 0. The third-order valence-electron chi connectivity index (χ3n) is 2.64. The molecule has 0 saturated heterocycles. The van der Waals surface area contributed by atoms with Crippen molar-refractivity contribution in [3.05, 3.63) is 22.4 Å². The van der Waals surface area contributed by atoms with Gasteiger partial charge in [0.15, 0.2) is 0 Å². The smallest absolute Gasteiger partial charge is 0.0800 e. The third-order valence-corrected chi connectivity index (χ3v) is 3.34. The molecule has 0 aliphatic heterocycles. The molecule has 1 unspecified atom stereocenters. The van der Waals surface area contributed by atoms with Gasteiger partial charge in [-0.05, 0) is 34.7 Å². The maximum Gasteiger partial charge on any atom is 0.0800 e. The number of aliphatic hydroxyl groups excluding tert-OH is 1. The van der Waals surface area contributed by atoms with Crippen molar-refractivity contribution in [1.29, 1.82) is 0 Å². The van der Waals surface area contributed by atoms with Crippen LogP contribution in [0.4, 0.5) is 0 Å². The molecule has 13 heavy (non-hydrogen) atoms. The minimum atomic E-state index is -0.254. The van der Waals surface area contributed by atoms with Gasteiger partial charge in [0.05, 0.1) is 6.10 Å². The lowest BCUT2D eigenvalue weighted by Crippen LogP contribution is -2.04. The maximum absolute atomic E-state index is 9.85. The largest absolute Gasteiger partial charge is 0.388 e. The molecule has 0 fully saturated rings. The Labute approximate surface area is 84.4 Å². The van der Waals surface area contributed by atoms with Crippen LogP contribution in [0.25, 0.3) is 0 Å². The fourth-order valence-corrected chi connectivity index (χ4v) is 2.25. The predicted octanol–water partition coefficient (Wildman–Crippen LogP) is 3.61. The summed E-state index contributed by atoms with van der Waals surface area (Å²) in [6.45, 7) is 4.38. The van der Waals surface area contributed by atoms with Crippen molar-refractivity contribution in [3.8, 4) is 0 Å². The zero-order valence-corrected chi connectivity index (χ0v) is 9.18. The lowest BCUT2D eigenvalue weighted by Gasteiger charge is -2.16. The number of aliphatic hydroxyl groups is 1. The van der Waals surface area contributed by atoms with Crippen LogP contribution < -0.4 is 0 Å². The highest BCUT2D eigenvalue weighted by atomic mass is 32.1. The normalized spacial score (nSPS) is 13.5. The van der Waals surface area contributed by atoms with Crippen molar-refractivity contribution in [1.82, 2.24) is 0 Å². The summed E-state index contributed by atoms with van der Waals surface area (Å²) in [4.78, 5) is 0. The van der Waals surface area contributed by atoms with Crippen molar-refractivity contribution in [2.24, 2.45) is 5.92 Å². The SMILES string of the molecule is CCC(CC)CC(O)c1ccsc1. The molecule has 0 saturated carbocycles. The van der Waals surface area contributed by atoms with E-state index in [0.29, 0.717) is 5.92 Å². The highest BCUT2D eigenvalue weighted by Gasteiger charge is 2.13. The Balaban J connectivity index is 2.45. The number of thiophene rings is 1. The van der Waals surface area contributed by atoms with Gasteiger partial charge in [-0.25, -0.2) is 0 Å². The van der Waals surface area contributed by atoms with Crippen LogP contribution in [0.15, 0.2) is 16.8 Å². The van der Waals surface area contributed by atoms with Crippen LogP contribution in [0.3, 0.4) is 0 Å². The molecule has 0 aromatic carbocycles. The molecule has 1 aromatic heterocycles. The van der Waals surface area contributed by atoms with Gasteiger partial charge < -0.3 is 5.11 Å². The highest BCUT2D eigenvalue weighted by Crippen LogP contribution is 2.26. The molecule has 1 atom stereocenters. The van der Waals surface area contributed by atoms with Crippen molar-refractivity contribution in [3.63, 3.8) is 0 Å². The lowest BCUT2D eigenvalue weighted by atomic mass is 9.94. The van der Waals surface area contributed by atoms with E-state index in [4.69, 9.17) is 0 Å². The Hall–Kier alpha value is -0.340. The molecule has 0 amide bonds. The second-order valence-corrected chi connectivity index (χ2v) is 4.27. The van der Waals surface area contributed by atoms with E-state index in [1.807, 2.05) is 16.8 Å². The van der Waals surface area contributed by atoms with Crippen LogP contribution in [0.1, 0.15) is 44.8 Å². The highest BCUT2D eigenvalue weighted by molar-refractivity contribution is 7.07. The number of rotatable bonds is 5. The van der Waals surface area contributed by atoms with Gasteiger partial charge in [0.2, 0.25) is 0 Å². The minimum Gasteiger partial charge on any atom is -0.388 e. The van der Waals surface area contributed by atoms with Gasteiger partial charge in [0.25, 0.3) is 0 Å². The molecule has 2 heteroatoms. The quantitative estimate of drug-likeness (QED) is 0.766. The van der Waals surface area contributed by atoms with E-state index in [9.17, 15) is 5.11 Å². The molecule has 0 aliphatic rings. The first-order valence-electron chi connectivity index (χ1n) is 4.98. The Morgan fingerprint density at radius 3 is 2.54 bits per heavy atom. The van der Waals surface area contributed by atoms with Crippen molar-refractivity contribution < 1.29 is 5.11 Å². The molecular formula is C11H18OS.